The molecule has 0 aromatic carbocycles. The summed E-state index contributed by atoms with van der Waals surface area (Å²) in [4.78, 5) is 0. The first-order valence-corrected chi connectivity index (χ1v) is 8.10. The van der Waals surface area contributed by atoms with E-state index < -0.39 is 0 Å². The highest BCUT2D eigenvalue weighted by Crippen LogP contribution is 2.49. The SMILES string of the molecule is CCCC(C)(C1CCC1)C(CCC(C)COC)OC. The van der Waals surface area contributed by atoms with E-state index in [1.807, 2.05) is 7.11 Å². The third-order valence-electron chi connectivity index (χ3n) is 5.22. The van der Waals surface area contributed by atoms with Crippen molar-refractivity contribution in [2.24, 2.45) is 17.3 Å². The van der Waals surface area contributed by atoms with Gasteiger partial charge >= 0.3 is 0 Å². The smallest absolute Gasteiger partial charge is 0.0627 e. The first-order valence-electron chi connectivity index (χ1n) is 8.10. The number of ether oxygens (including phenoxy) is 2. The van der Waals surface area contributed by atoms with Gasteiger partial charge in [-0.15, -0.1) is 0 Å². The molecule has 0 aromatic heterocycles. The summed E-state index contributed by atoms with van der Waals surface area (Å²) in [5.74, 6) is 1.52. The summed E-state index contributed by atoms with van der Waals surface area (Å²) in [5.41, 5.74) is 0.383. The summed E-state index contributed by atoms with van der Waals surface area (Å²) in [5, 5.41) is 0. The molecule has 1 fully saturated rings. The second-order valence-electron chi connectivity index (χ2n) is 6.75. The molecular weight excluding hydrogens is 236 g/mol. The molecule has 0 N–H and O–H groups in total. The number of rotatable bonds is 10. The molecule has 0 amide bonds. The van der Waals surface area contributed by atoms with Gasteiger partial charge in [0.15, 0.2) is 0 Å². The molecule has 3 unspecified atom stereocenters. The quantitative estimate of drug-likeness (QED) is 0.574. The maximum Gasteiger partial charge on any atom is 0.0627 e. The van der Waals surface area contributed by atoms with Crippen LogP contribution in [0.1, 0.15) is 65.7 Å². The Kier molecular flexibility index (Phi) is 7.38. The molecule has 114 valence electrons. The van der Waals surface area contributed by atoms with Crippen molar-refractivity contribution in [2.45, 2.75) is 71.8 Å². The van der Waals surface area contributed by atoms with Crippen LogP contribution in [0.3, 0.4) is 0 Å². The zero-order valence-corrected chi connectivity index (χ0v) is 13.7. The van der Waals surface area contributed by atoms with Crippen LogP contribution in [0, 0.1) is 17.3 Å². The Balaban J connectivity index is 2.57. The van der Waals surface area contributed by atoms with Crippen LogP contribution in [0.5, 0.6) is 0 Å². The first-order chi connectivity index (χ1) is 9.08. The van der Waals surface area contributed by atoms with Crippen molar-refractivity contribution in [1.29, 1.82) is 0 Å². The summed E-state index contributed by atoms with van der Waals surface area (Å²) in [6, 6.07) is 0. The predicted molar refractivity (Wildman–Crippen MR) is 81.4 cm³/mol. The third kappa shape index (κ3) is 4.46. The molecule has 0 spiro atoms. The van der Waals surface area contributed by atoms with Gasteiger partial charge in [-0.1, -0.05) is 33.6 Å². The van der Waals surface area contributed by atoms with Gasteiger partial charge in [0.05, 0.1) is 6.10 Å². The summed E-state index contributed by atoms with van der Waals surface area (Å²) < 4.78 is 11.2. The zero-order chi connectivity index (χ0) is 14.3. The van der Waals surface area contributed by atoms with Crippen LogP contribution in [0.15, 0.2) is 0 Å². The van der Waals surface area contributed by atoms with E-state index in [2.05, 4.69) is 20.8 Å². The van der Waals surface area contributed by atoms with Crippen LogP contribution in [0.4, 0.5) is 0 Å². The lowest BCUT2D eigenvalue weighted by Gasteiger charge is -2.47. The van der Waals surface area contributed by atoms with Gasteiger partial charge in [-0.3, -0.25) is 0 Å². The van der Waals surface area contributed by atoms with E-state index in [0.29, 0.717) is 17.4 Å². The van der Waals surface area contributed by atoms with Crippen LogP contribution >= 0.6 is 0 Å². The van der Waals surface area contributed by atoms with Crippen LogP contribution in [-0.4, -0.2) is 26.9 Å². The molecule has 1 aliphatic carbocycles. The second-order valence-corrected chi connectivity index (χ2v) is 6.75. The van der Waals surface area contributed by atoms with E-state index in [-0.39, 0.29) is 0 Å². The highest BCUT2D eigenvalue weighted by atomic mass is 16.5. The van der Waals surface area contributed by atoms with Gasteiger partial charge in [-0.2, -0.15) is 0 Å². The van der Waals surface area contributed by atoms with Crippen molar-refractivity contribution in [2.75, 3.05) is 20.8 Å². The molecule has 0 heterocycles. The van der Waals surface area contributed by atoms with E-state index in [4.69, 9.17) is 9.47 Å². The topological polar surface area (TPSA) is 18.5 Å². The summed E-state index contributed by atoms with van der Waals surface area (Å²) in [6.45, 7) is 7.91. The third-order valence-corrected chi connectivity index (χ3v) is 5.22. The van der Waals surface area contributed by atoms with E-state index in [0.717, 1.165) is 12.5 Å². The molecule has 3 atom stereocenters. The fraction of sp³-hybridized carbons (Fsp3) is 1.00. The van der Waals surface area contributed by atoms with Crippen molar-refractivity contribution in [3.8, 4) is 0 Å². The molecule has 2 nitrogen and oxygen atoms in total. The highest BCUT2D eigenvalue weighted by Gasteiger charge is 2.43. The fourth-order valence-electron chi connectivity index (χ4n) is 3.75. The monoisotopic (exact) mass is 270 g/mol. The Labute approximate surface area is 120 Å². The largest absolute Gasteiger partial charge is 0.384 e. The van der Waals surface area contributed by atoms with E-state index in [9.17, 15) is 0 Å². The minimum absolute atomic E-state index is 0.383. The lowest BCUT2D eigenvalue weighted by Crippen LogP contribution is -2.43. The van der Waals surface area contributed by atoms with Gasteiger partial charge in [0.1, 0.15) is 0 Å². The lowest BCUT2D eigenvalue weighted by molar-refractivity contribution is -0.0724. The van der Waals surface area contributed by atoms with Crippen LogP contribution in [-0.2, 0) is 9.47 Å². The molecule has 0 radical (unpaired) electrons. The molecule has 0 aliphatic heterocycles. The average molecular weight is 270 g/mol. The number of hydrogen-bond acceptors (Lipinski definition) is 2. The van der Waals surface area contributed by atoms with Crippen LogP contribution < -0.4 is 0 Å². The van der Waals surface area contributed by atoms with Gasteiger partial charge in [0.25, 0.3) is 0 Å². The molecule has 1 aliphatic rings. The first kappa shape index (κ1) is 17.0. The molecular formula is C17H34O2. The van der Waals surface area contributed by atoms with Gasteiger partial charge in [0, 0.05) is 20.8 Å². The Hall–Kier alpha value is -0.0800. The number of hydrogen-bond donors (Lipinski definition) is 0. The maximum absolute atomic E-state index is 5.91. The van der Waals surface area contributed by atoms with Crippen LogP contribution in [0.2, 0.25) is 0 Å². The van der Waals surface area contributed by atoms with Gasteiger partial charge in [-0.05, 0) is 49.4 Å². The second kappa shape index (κ2) is 8.26. The zero-order valence-electron chi connectivity index (χ0n) is 13.7. The minimum atomic E-state index is 0.383. The van der Waals surface area contributed by atoms with Gasteiger partial charge in [-0.25, -0.2) is 0 Å². The summed E-state index contributed by atoms with van der Waals surface area (Å²) >= 11 is 0. The highest BCUT2D eigenvalue weighted by molar-refractivity contribution is 4.93. The van der Waals surface area contributed by atoms with Gasteiger partial charge < -0.3 is 9.47 Å². The van der Waals surface area contributed by atoms with Crippen molar-refractivity contribution in [3.63, 3.8) is 0 Å². The molecule has 2 heteroatoms. The van der Waals surface area contributed by atoms with E-state index in [1.54, 1.807) is 7.11 Å². The normalized spacial score (nSPS) is 22.6. The van der Waals surface area contributed by atoms with E-state index >= 15 is 0 Å². The van der Waals surface area contributed by atoms with Crippen molar-refractivity contribution in [3.05, 3.63) is 0 Å². The molecule has 0 saturated heterocycles. The Morgan fingerprint density at radius 3 is 2.32 bits per heavy atom. The van der Waals surface area contributed by atoms with Crippen molar-refractivity contribution < 1.29 is 9.47 Å². The minimum Gasteiger partial charge on any atom is -0.384 e. The number of methoxy groups -OCH3 is 2. The molecule has 1 rings (SSSR count). The standard InChI is InChI=1S/C17H34O2/c1-6-12-17(3,15-8-7-9-15)16(19-5)11-10-14(2)13-18-4/h14-16H,6-13H2,1-5H3. The maximum atomic E-state index is 5.91. The van der Waals surface area contributed by atoms with E-state index in [1.165, 1.54) is 44.9 Å². The predicted octanol–water partition coefficient (Wildman–Crippen LogP) is 4.67. The summed E-state index contributed by atoms with van der Waals surface area (Å²) in [7, 11) is 3.69. The Bertz CT molecular complexity index is 237. The average Bonchev–Trinajstić information content (AvgIpc) is 2.27. The summed E-state index contributed by atoms with van der Waals surface area (Å²) in [6.07, 6.45) is 9.59. The molecule has 19 heavy (non-hydrogen) atoms. The Morgan fingerprint density at radius 2 is 1.89 bits per heavy atom. The van der Waals surface area contributed by atoms with Gasteiger partial charge in [0.2, 0.25) is 0 Å². The van der Waals surface area contributed by atoms with Crippen molar-refractivity contribution >= 4 is 0 Å². The lowest BCUT2D eigenvalue weighted by atomic mass is 9.60. The molecule has 0 aromatic rings. The molecule has 0 bridgehead atoms. The van der Waals surface area contributed by atoms with Crippen molar-refractivity contribution in [1.82, 2.24) is 0 Å². The molecule has 1 saturated carbocycles. The van der Waals surface area contributed by atoms with Crippen LogP contribution in [0.25, 0.3) is 0 Å². The Morgan fingerprint density at radius 1 is 1.21 bits per heavy atom. The fourth-order valence-corrected chi connectivity index (χ4v) is 3.75.